The van der Waals surface area contributed by atoms with E-state index >= 15 is 0 Å². The van der Waals surface area contributed by atoms with Crippen molar-refractivity contribution < 1.29 is 19.5 Å². The van der Waals surface area contributed by atoms with E-state index in [1.807, 2.05) is 24.5 Å². The molecular formula is C24H18ClN3O4S. The first-order valence-corrected chi connectivity index (χ1v) is 10.7. The van der Waals surface area contributed by atoms with E-state index in [0.29, 0.717) is 22.0 Å². The maximum Gasteiger partial charge on any atom is 0.335 e. The normalized spacial score (nSPS) is 15.2. The topological polar surface area (TPSA) is 91.6 Å². The molecule has 2 amide bonds. The lowest BCUT2D eigenvalue weighted by atomic mass is 10.1. The fourth-order valence-electron chi connectivity index (χ4n) is 3.77. The summed E-state index contributed by atoms with van der Waals surface area (Å²) in [5.41, 5.74) is 3.28. The molecule has 0 bridgehead atoms. The first-order chi connectivity index (χ1) is 15.7. The van der Waals surface area contributed by atoms with Gasteiger partial charge in [0, 0.05) is 17.1 Å². The number of rotatable bonds is 4. The molecule has 4 rings (SSSR count). The van der Waals surface area contributed by atoms with E-state index in [2.05, 4.69) is 5.32 Å². The molecule has 33 heavy (non-hydrogen) atoms. The van der Waals surface area contributed by atoms with Gasteiger partial charge in [0.15, 0.2) is 5.11 Å². The molecule has 1 saturated heterocycles. The second kappa shape index (κ2) is 8.65. The molecule has 1 aromatic heterocycles. The molecule has 3 aromatic rings. The average Bonchev–Trinajstić information content (AvgIpc) is 3.05. The van der Waals surface area contributed by atoms with Crippen LogP contribution in [-0.2, 0) is 9.59 Å². The summed E-state index contributed by atoms with van der Waals surface area (Å²) in [6.45, 7) is 3.69. The average molecular weight is 480 g/mol. The van der Waals surface area contributed by atoms with Crippen molar-refractivity contribution in [2.45, 2.75) is 13.8 Å². The second-order valence-corrected chi connectivity index (χ2v) is 8.22. The van der Waals surface area contributed by atoms with Crippen molar-refractivity contribution in [3.63, 3.8) is 0 Å². The van der Waals surface area contributed by atoms with Crippen LogP contribution in [-0.4, -0.2) is 32.6 Å². The first-order valence-electron chi connectivity index (χ1n) is 9.87. The fourth-order valence-corrected chi connectivity index (χ4v) is 4.27. The van der Waals surface area contributed by atoms with Crippen LogP contribution in [0.2, 0.25) is 5.02 Å². The van der Waals surface area contributed by atoms with Crippen LogP contribution in [0.1, 0.15) is 27.3 Å². The van der Waals surface area contributed by atoms with Crippen molar-refractivity contribution in [3.8, 4) is 5.69 Å². The smallest absolute Gasteiger partial charge is 0.335 e. The van der Waals surface area contributed by atoms with Crippen molar-refractivity contribution in [1.29, 1.82) is 0 Å². The molecule has 0 unspecified atom stereocenters. The Morgan fingerprint density at radius 3 is 2.52 bits per heavy atom. The zero-order valence-corrected chi connectivity index (χ0v) is 19.2. The summed E-state index contributed by atoms with van der Waals surface area (Å²) in [6.07, 6.45) is 1.50. The lowest BCUT2D eigenvalue weighted by molar-refractivity contribution is -0.122. The highest BCUT2D eigenvalue weighted by atomic mass is 35.5. The summed E-state index contributed by atoms with van der Waals surface area (Å²) in [4.78, 5) is 38.5. The van der Waals surface area contributed by atoms with Gasteiger partial charge < -0.3 is 9.67 Å². The minimum Gasteiger partial charge on any atom is -0.478 e. The van der Waals surface area contributed by atoms with E-state index in [4.69, 9.17) is 23.8 Å². The number of nitrogens with zero attached hydrogens (tertiary/aromatic N) is 2. The van der Waals surface area contributed by atoms with Gasteiger partial charge in [-0.3, -0.25) is 19.8 Å². The highest BCUT2D eigenvalue weighted by molar-refractivity contribution is 7.80. The van der Waals surface area contributed by atoms with Crippen molar-refractivity contribution in [2.24, 2.45) is 0 Å². The Kier molecular flexibility index (Phi) is 5.88. The van der Waals surface area contributed by atoms with Gasteiger partial charge in [0.05, 0.1) is 16.3 Å². The molecule has 7 nitrogen and oxygen atoms in total. The number of carbonyl (C=O) groups excluding carboxylic acids is 2. The number of para-hydroxylation sites is 1. The number of carbonyl (C=O) groups is 3. The lowest BCUT2D eigenvalue weighted by Crippen LogP contribution is -2.54. The van der Waals surface area contributed by atoms with Gasteiger partial charge in [0.25, 0.3) is 11.8 Å². The van der Waals surface area contributed by atoms with E-state index in [9.17, 15) is 19.5 Å². The van der Waals surface area contributed by atoms with Gasteiger partial charge in [-0.15, -0.1) is 0 Å². The molecule has 0 aliphatic carbocycles. The van der Waals surface area contributed by atoms with Gasteiger partial charge in [-0.25, -0.2) is 4.79 Å². The predicted octanol–water partition coefficient (Wildman–Crippen LogP) is 4.28. The standard InChI is InChI=1S/C24H18ClN3O4S/c1-13-10-16(14(2)27(13)17-7-5-6-15(11-17)23(31)32)12-18-21(29)26-24(33)28(22(18)30)20-9-4-3-8-19(20)25/h3-12H,1-2H3,(H,31,32)(H,26,29,33)/b18-12-. The van der Waals surface area contributed by atoms with Gasteiger partial charge in [0.1, 0.15) is 5.57 Å². The number of aromatic carboxylic acids is 1. The first kappa shape index (κ1) is 22.4. The molecule has 1 aliphatic heterocycles. The molecule has 0 spiro atoms. The molecule has 0 atom stereocenters. The third kappa shape index (κ3) is 4.06. The number of thiocarbonyl (C=S) groups is 1. The third-order valence-corrected chi connectivity index (χ3v) is 5.92. The second-order valence-electron chi connectivity index (χ2n) is 7.43. The maximum absolute atomic E-state index is 13.3. The molecule has 0 saturated carbocycles. The minimum absolute atomic E-state index is 0.0498. The quantitative estimate of drug-likeness (QED) is 0.331. The molecule has 1 fully saturated rings. The Labute approximate surface area is 199 Å². The summed E-state index contributed by atoms with van der Waals surface area (Å²) < 4.78 is 1.86. The lowest BCUT2D eigenvalue weighted by Gasteiger charge is -2.29. The molecular weight excluding hydrogens is 462 g/mol. The van der Waals surface area contributed by atoms with Crippen LogP contribution in [0.4, 0.5) is 5.69 Å². The van der Waals surface area contributed by atoms with Crippen LogP contribution >= 0.6 is 23.8 Å². The molecule has 2 N–H and O–H groups in total. The van der Waals surface area contributed by atoms with Gasteiger partial charge in [-0.2, -0.15) is 0 Å². The number of benzene rings is 2. The van der Waals surface area contributed by atoms with E-state index in [0.717, 1.165) is 11.4 Å². The van der Waals surface area contributed by atoms with E-state index < -0.39 is 17.8 Å². The number of anilines is 1. The van der Waals surface area contributed by atoms with Gasteiger partial charge in [0.2, 0.25) is 0 Å². The van der Waals surface area contributed by atoms with Gasteiger partial charge in [-0.05, 0) is 74.1 Å². The number of amides is 2. The third-order valence-electron chi connectivity index (χ3n) is 5.32. The monoisotopic (exact) mass is 479 g/mol. The summed E-state index contributed by atoms with van der Waals surface area (Å²) in [5.74, 6) is -2.22. The van der Waals surface area contributed by atoms with E-state index in [1.54, 1.807) is 42.5 Å². The summed E-state index contributed by atoms with van der Waals surface area (Å²) in [5, 5.41) is 12.1. The number of aromatic nitrogens is 1. The Morgan fingerprint density at radius 1 is 1.09 bits per heavy atom. The van der Waals surface area contributed by atoms with Crippen molar-refractivity contribution in [2.75, 3.05) is 4.90 Å². The van der Waals surface area contributed by atoms with Gasteiger partial charge >= 0.3 is 5.97 Å². The molecule has 9 heteroatoms. The summed E-state index contributed by atoms with van der Waals surface area (Å²) in [6, 6.07) is 15.1. The maximum atomic E-state index is 13.3. The van der Waals surface area contributed by atoms with Crippen LogP contribution in [0.3, 0.4) is 0 Å². The summed E-state index contributed by atoms with van der Waals surface area (Å²) >= 11 is 11.5. The highest BCUT2D eigenvalue weighted by Crippen LogP contribution is 2.30. The number of carboxylic acid groups (broad SMARTS) is 1. The number of aryl methyl sites for hydroxylation is 1. The van der Waals surface area contributed by atoms with Crippen molar-refractivity contribution in [3.05, 3.63) is 87.7 Å². The van der Waals surface area contributed by atoms with Gasteiger partial charge in [-0.1, -0.05) is 29.8 Å². The van der Waals surface area contributed by atoms with Crippen LogP contribution in [0.5, 0.6) is 0 Å². The SMILES string of the molecule is Cc1cc(/C=C2/C(=O)NC(=S)N(c3ccccc3Cl)C2=O)c(C)n1-c1cccc(C(=O)O)c1. The summed E-state index contributed by atoms with van der Waals surface area (Å²) in [7, 11) is 0. The molecule has 1 aliphatic rings. The zero-order chi connectivity index (χ0) is 23.9. The largest absolute Gasteiger partial charge is 0.478 e. The zero-order valence-electron chi connectivity index (χ0n) is 17.6. The number of nitrogens with one attached hydrogen (secondary N) is 1. The van der Waals surface area contributed by atoms with Crippen molar-refractivity contribution >= 4 is 58.5 Å². The molecule has 166 valence electrons. The van der Waals surface area contributed by atoms with E-state index in [-0.39, 0.29) is 16.2 Å². The fraction of sp³-hybridized carbons (Fsp3) is 0.0833. The van der Waals surface area contributed by atoms with Crippen LogP contribution in [0.25, 0.3) is 11.8 Å². The number of halogens is 1. The predicted molar refractivity (Wildman–Crippen MR) is 130 cm³/mol. The Hall–Kier alpha value is -3.75. The Balaban J connectivity index is 1.78. The highest BCUT2D eigenvalue weighted by Gasteiger charge is 2.35. The molecule has 2 heterocycles. The number of hydrogen-bond donors (Lipinski definition) is 2. The molecule has 2 aromatic carbocycles. The molecule has 0 radical (unpaired) electrons. The van der Waals surface area contributed by atoms with Crippen LogP contribution in [0, 0.1) is 13.8 Å². The number of carboxylic acids is 1. The van der Waals surface area contributed by atoms with Crippen molar-refractivity contribution in [1.82, 2.24) is 9.88 Å². The Morgan fingerprint density at radius 2 is 1.82 bits per heavy atom. The number of hydrogen-bond acceptors (Lipinski definition) is 4. The Bertz CT molecular complexity index is 1380. The van der Waals surface area contributed by atoms with E-state index in [1.165, 1.54) is 17.0 Å². The van der Waals surface area contributed by atoms with Crippen LogP contribution in [0.15, 0.2) is 60.2 Å². The van der Waals surface area contributed by atoms with Crippen LogP contribution < -0.4 is 10.2 Å². The minimum atomic E-state index is -1.03.